The van der Waals surface area contributed by atoms with E-state index in [-0.39, 0.29) is 6.04 Å². The molecule has 1 N–H and O–H groups in total. The average Bonchev–Trinajstić information content (AvgIpc) is 2.74. The van der Waals surface area contributed by atoms with E-state index < -0.39 is 0 Å². The lowest BCUT2D eigenvalue weighted by atomic mass is 10.3. The molecule has 3 heterocycles. The Morgan fingerprint density at radius 1 is 1.41 bits per heavy atom. The number of thioether (sulfide) groups is 1. The highest BCUT2D eigenvalue weighted by Crippen LogP contribution is 2.21. The zero-order chi connectivity index (χ0) is 11.8. The number of nitrogens with one attached hydrogen (secondary N) is 1. The number of rotatable bonds is 1. The Morgan fingerprint density at radius 3 is 3.06 bits per heavy atom. The minimum Gasteiger partial charge on any atom is -0.306 e. The zero-order valence-corrected chi connectivity index (χ0v) is 10.8. The first kappa shape index (κ1) is 11.0. The van der Waals surface area contributed by atoms with Gasteiger partial charge in [-0.2, -0.15) is 11.8 Å². The second-order valence-electron chi connectivity index (χ2n) is 4.31. The Labute approximate surface area is 104 Å². The SMILES string of the molecule is Cc1cc(C)n2c(C3CSCCN3)nnc2n1. The topological polar surface area (TPSA) is 55.1 Å². The second-order valence-corrected chi connectivity index (χ2v) is 5.46. The molecule has 0 radical (unpaired) electrons. The Balaban J connectivity index is 2.10. The monoisotopic (exact) mass is 249 g/mol. The lowest BCUT2D eigenvalue weighted by Gasteiger charge is -2.21. The highest BCUT2D eigenvalue weighted by Gasteiger charge is 2.21. The molecule has 0 spiro atoms. The third-order valence-corrected chi connectivity index (χ3v) is 4.01. The Hall–Kier alpha value is -1.14. The number of hydrogen-bond donors (Lipinski definition) is 1. The van der Waals surface area contributed by atoms with E-state index >= 15 is 0 Å². The molecule has 3 rings (SSSR count). The fourth-order valence-electron chi connectivity index (χ4n) is 2.21. The first-order valence-electron chi connectivity index (χ1n) is 5.76. The molecule has 1 aliphatic rings. The van der Waals surface area contributed by atoms with Crippen molar-refractivity contribution in [3.05, 3.63) is 23.3 Å². The summed E-state index contributed by atoms with van der Waals surface area (Å²) in [5, 5.41) is 11.9. The van der Waals surface area contributed by atoms with Crippen LogP contribution in [0.3, 0.4) is 0 Å². The normalized spacial score (nSPS) is 20.9. The van der Waals surface area contributed by atoms with Gasteiger partial charge in [0.25, 0.3) is 5.78 Å². The van der Waals surface area contributed by atoms with Crippen molar-refractivity contribution in [3.63, 3.8) is 0 Å². The highest BCUT2D eigenvalue weighted by molar-refractivity contribution is 7.99. The van der Waals surface area contributed by atoms with Crippen molar-refractivity contribution in [1.82, 2.24) is 24.9 Å². The van der Waals surface area contributed by atoms with Crippen LogP contribution in [0.4, 0.5) is 0 Å². The van der Waals surface area contributed by atoms with Gasteiger partial charge < -0.3 is 5.32 Å². The van der Waals surface area contributed by atoms with Crippen molar-refractivity contribution >= 4 is 17.5 Å². The summed E-state index contributed by atoms with van der Waals surface area (Å²) in [4.78, 5) is 4.41. The number of hydrogen-bond acceptors (Lipinski definition) is 5. The van der Waals surface area contributed by atoms with Crippen molar-refractivity contribution in [2.75, 3.05) is 18.1 Å². The second kappa shape index (κ2) is 4.27. The summed E-state index contributed by atoms with van der Waals surface area (Å²) in [5.74, 6) is 3.91. The summed E-state index contributed by atoms with van der Waals surface area (Å²) in [5.41, 5.74) is 2.13. The molecule has 0 aromatic carbocycles. The fraction of sp³-hybridized carbons (Fsp3) is 0.545. The van der Waals surface area contributed by atoms with Crippen LogP contribution in [0.1, 0.15) is 23.3 Å². The maximum Gasteiger partial charge on any atom is 0.255 e. The lowest BCUT2D eigenvalue weighted by Crippen LogP contribution is -2.31. The van der Waals surface area contributed by atoms with Crippen LogP contribution in [0.5, 0.6) is 0 Å². The van der Waals surface area contributed by atoms with E-state index in [0.29, 0.717) is 5.78 Å². The molecule has 0 aliphatic carbocycles. The zero-order valence-electron chi connectivity index (χ0n) is 9.97. The first-order valence-corrected chi connectivity index (χ1v) is 6.91. The van der Waals surface area contributed by atoms with E-state index in [4.69, 9.17) is 0 Å². The molecule has 0 bridgehead atoms. The molecule has 1 aliphatic heterocycles. The van der Waals surface area contributed by atoms with E-state index in [1.54, 1.807) is 0 Å². The number of aryl methyl sites for hydroxylation is 2. The predicted molar refractivity (Wildman–Crippen MR) is 68.3 cm³/mol. The summed E-state index contributed by atoms with van der Waals surface area (Å²) >= 11 is 1.95. The minimum atomic E-state index is 0.284. The van der Waals surface area contributed by atoms with Gasteiger partial charge in [-0.1, -0.05) is 0 Å². The molecule has 0 amide bonds. The van der Waals surface area contributed by atoms with Crippen LogP contribution in [0.15, 0.2) is 6.07 Å². The van der Waals surface area contributed by atoms with Crippen LogP contribution in [-0.2, 0) is 0 Å². The third kappa shape index (κ3) is 1.91. The van der Waals surface area contributed by atoms with Gasteiger partial charge in [0.2, 0.25) is 0 Å². The third-order valence-electron chi connectivity index (χ3n) is 2.95. The van der Waals surface area contributed by atoms with Crippen molar-refractivity contribution in [2.45, 2.75) is 19.9 Å². The van der Waals surface area contributed by atoms with Crippen molar-refractivity contribution in [1.29, 1.82) is 0 Å². The number of fused-ring (bicyclic) bond motifs is 1. The number of nitrogens with zero attached hydrogens (tertiary/aromatic N) is 4. The van der Waals surface area contributed by atoms with Crippen molar-refractivity contribution in [3.8, 4) is 0 Å². The Morgan fingerprint density at radius 2 is 2.29 bits per heavy atom. The van der Waals surface area contributed by atoms with E-state index in [9.17, 15) is 0 Å². The molecule has 1 unspecified atom stereocenters. The maximum absolute atomic E-state index is 4.41. The van der Waals surface area contributed by atoms with Gasteiger partial charge >= 0.3 is 0 Å². The largest absolute Gasteiger partial charge is 0.306 e. The summed E-state index contributed by atoms with van der Waals surface area (Å²) < 4.78 is 2.05. The summed E-state index contributed by atoms with van der Waals surface area (Å²) in [6.45, 7) is 5.09. The van der Waals surface area contributed by atoms with Gasteiger partial charge in [-0.25, -0.2) is 4.98 Å². The van der Waals surface area contributed by atoms with Gasteiger partial charge in [-0.05, 0) is 19.9 Å². The molecule has 2 aromatic heterocycles. The van der Waals surface area contributed by atoms with Gasteiger partial charge in [-0.3, -0.25) is 4.40 Å². The molecule has 0 saturated carbocycles. The standard InChI is InChI=1S/C11H15N5S/c1-7-5-8(2)16-10(14-15-11(16)13-7)9-6-17-4-3-12-9/h5,9,12H,3-4,6H2,1-2H3. The van der Waals surface area contributed by atoms with Gasteiger partial charge in [0.1, 0.15) is 0 Å². The summed E-state index contributed by atoms with van der Waals surface area (Å²) in [6, 6.07) is 2.35. The Kier molecular flexibility index (Phi) is 2.76. The molecule has 1 atom stereocenters. The van der Waals surface area contributed by atoms with Crippen LogP contribution >= 0.6 is 11.8 Å². The molecule has 2 aromatic rings. The minimum absolute atomic E-state index is 0.284. The van der Waals surface area contributed by atoms with Crippen molar-refractivity contribution < 1.29 is 0 Å². The first-order chi connectivity index (χ1) is 8.25. The van der Waals surface area contributed by atoms with Gasteiger partial charge in [0, 0.05) is 29.4 Å². The summed E-state index contributed by atoms with van der Waals surface area (Å²) in [7, 11) is 0. The molecular weight excluding hydrogens is 234 g/mol. The van der Waals surface area contributed by atoms with E-state index in [2.05, 4.69) is 37.9 Å². The molecule has 5 nitrogen and oxygen atoms in total. The van der Waals surface area contributed by atoms with E-state index in [1.807, 2.05) is 18.7 Å². The molecule has 1 saturated heterocycles. The molecule has 1 fully saturated rings. The number of aromatic nitrogens is 4. The molecule has 90 valence electrons. The van der Waals surface area contributed by atoms with Crippen LogP contribution in [0.2, 0.25) is 0 Å². The maximum atomic E-state index is 4.41. The van der Waals surface area contributed by atoms with Gasteiger partial charge in [-0.15, -0.1) is 10.2 Å². The highest BCUT2D eigenvalue weighted by atomic mass is 32.2. The van der Waals surface area contributed by atoms with Gasteiger partial charge in [0.15, 0.2) is 5.82 Å². The van der Waals surface area contributed by atoms with E-state index in [0.717, 1.165) is 29.5 Å². The van der Waals surface area contributed by atoms with Crippen LogP contribution in [0.25, 0.3) is 5.78 Å². The van der Waals surface area contributed by atoms with E-state index in [1.165, 1.54) is 5.75 Å². The molecular formula is C11H15N5S. The van der Waals surface area contributed by atoms with Crippen LogP contribution in [0, 0.1) is 13.8 Å². The fourth-order valence-corrected chi connectivity index (χ4v) is 3.14. The Bertz CT molecular complexity index is 544. The van der Waals surface area contributed by atoms with Crippen LogP contribution in [-0.4, -0.2) is 37.6 Å². The quantitative estimate of drug-likeness (QED) is 0.820. The lowest BCUT2D eigenvalue weighted by molar-refractivity contribution is 0.557. The van der Waals surface area contributed by atoms with Crippen LogP contribution < -0.4 is 5.32 Å². The smallest absolute Gasteiger partial charge is 0.255 e. The molecule has 17 heavy (non-hydrogen) atoms. The summed E-state index contributed by atoms with van der Waals surface area (Å²) in [6.07, 6.45) is 0. The average molecular weight is 249 g/mol. The van der Waals surface area contributed by atoms with Gasteiger partial charge in [0.05, 0.1) is 6.04 Å². The van der Waals surface area contributed by atoms with Crippen molar-refractivity contribution in [2.24, 2.45) is 0 Å². The molecule has 6 heteroatoms. The predicted octanol–water partition coefficient (Wildman–Crippen LogP) is 1.12.